The summed E-state index contributed by atoms with van der Waals surface area (Å²) in [6.45, 7) is 1.41. The van der Waals surface area contributed by atoms with Crippen molar-refractivity contribution in [3.63, 3.8) is 0 Å². The molecule has 0 unspecified atom stereocenters. The number of carboxylic acid groups (broad SMARTS) is 1. The summed E-state index contributed by atoms with van der Waals surface area (Å²) in [5.41, 5.74) is 4.51. The lowest BCUT2D eigenvalue weighted by Crippen LogP contribution is -2.47. The molecule has 1 heterocycles. The standard InChI is InChI=1S/C25H24N4O6/c1-14(30)22(24(32)33)29-23(31)15-10-26-21(27-11-15)12-28-25(34)35-13-20-18-8-4-2-6-16(18)17-7-3-5-9-19(17)20/h2-11,14,20,22,30H,12-13H2,1H3,(H,28,34)(H,29,31)(H,32,33)/t14-,22+/m1/s1. The van der Waals surface area contributed by atoms with Crippen molar-refractivity contribution < 1.29 is 29.3 Å². The average Bonchev–Trinajstić information content (AvgIpc) is 3.18. The van der Waals surface area contributed by atoms with Crippen LogP contribution in [-0.2, 0) is 16.1 Å². The summed E-state index contributed by atoms with van der Waals surface area (Å²) in [5.74, 6) is -1.92. The minimum Gasteiger partial charge on any atom is -0.480 e. The van der Waals surface area contributed by atoms with Crippen molar-refractivity contribution in [1.82, 2.24) is 20.6 Å². The van der Waals surface area contributed by atoms with Gasteiger partial charge >= 0.3 is 12.1 Å². The summed E-state index contributed by atoms with van der Waals surface area (Å²) >= 11 is 0. The molecule has 0 fully saturated rings. The highest BCUT2D eigenvalue weighted by atomic mass is 16.5. The van der Waals surface area contributed by atoms with Crippen LogP contribution in [0, 0.1) is 0 Å². The normalized spacial score (nSPS) is 13.8. The number of nitrogens with one attached hydrogen (secondary N) is 2. The number of alkyl carbamates (subject to hydrolysis) is 1. The maximum absolute atomic E-state index is 12.3. The summed E-state index contributed by atoms with van der Waals surface area (Å²) in [4.78, 5) is 43.6. The van der Waals surface area contributed by atoms with Crippen molar-refractivity contribution in [2.45, 2.75) is 31.5 Å². The van der Waals surface area contributed by atoms with Gasteiger partial charge in [-0.05, 0) is 29.2 Å². The summed E-state index contributed by atoms with van der Waals surface area (Å²) in [5, 5.41) is 23.3. The number of aliphatic hydroxyl groups excluding tert-OH is 1. The number of carbonyl (C=O) groups is 3. The number of benzene rings is 2. The van der Waals surface area contributed by atoms with Gasteiger partial charge in [0.15, 0.2) is 6.04 Å². The van der Waals surface area contributed by atoms with Crippen LogP contribution in [0.4, 0.5) is 4.79 Å². The SMILES string of the molecule is C[C@@H](O)[C@H](NC(=O)c1cnc(CNC(=O)OCC2c3ccccc3-c3ccccc32)nc1)C(=O)O. The Labute approximate surface area is 201 Å². The molecule has 0 aliphatic heterocycles. The lowest BCUT2D eigenvalue weighted by Gasteiger charge is -2.16. The number of rotatable bonds is 8. The van der Waals surface area contributed by atoms with Crippen LogP contribution in [0.5, 0.6) is 0 Å². The van der Waals surface area contributed by atoms with Crippen molar-refractivity contribution in [3.8, 4) is 11.1 Å². The topological polar surface area (TPSA) is 151 Å². The second-order valence-electron chi connectivity index (χ2n) is 8.10. The summed E-state index contributed by atoms with van der Waals surface area (Å²) in [7, 11) is 0. The van der Waals surface area contributed by atoms with E-state index in [2.05, 4.69) is 32.7 Å². The number of amides is 2. The monoisotopic (exact) mass is 476 g/mol. The quantitative estimate of drug-likeness (QED) is 0.386. The smallest absolute Gasteiger partial charge is 0.407 e. The molecular weight excluding hydrogens is 452 g/mol. The predicted octanol–water partition coefficient (Wildman–Crippen LogP) is 2.08. The Bertz CT molecular complexity index is 1200. The number of hydrogen-bond acceptors (Lipinski definition) is 7. The first-order chi connectivity index (χ1) is 16.8. The Morgan fingerprint density at radius 3 is 2.11 bits per heavy atom. The second kappa shape index (κ2) is 10.3. The van der Waals surface area contributed by atoms with Gasteiger partial charge in [0, 0.05) is 18.3 Å². The van der Waals surface area contributed by atoms with Gasteiger partial charge in [-0.25, -0.2) is 19.6 Å². The third-order valence-electron chi connectivity index (χ3n) is 5.74. The molecule has 0 spiro atoms. The Kier molecular flexibility index (Phi) is 7.02. The molecule has 10 nitrogen and oxygen atoms in total. The maximum atomic E-state index is 12.3. The number of carbonyl (C=O) groups excluding carboxylic acids is 2. The highest BCUT2D eigenvalue weighted by Gasteiger charge is 2.29. The number of aromatic nitrogens is 2. The fourth-order valence-corrected chi connectivity index (χ4v) is 3.98. The van der Waals surface area contributed by atoms with Crippen LogP contribution < -0.4 is 10.6 Å². The van der Waals surface area contributed by atoms with Gasteiger partial charge in [0.2, 0.25) is 0 Å². The summed E-state index contributed by atoms with van der Waals surface area (Å²) in [6.07, 6.45) is 0.507. The summed E-state index contributed by atoms with van der Waals surface area (Å²) in [6, 6.07) is 14.6. The number of fused-ring (bicyclic) bond motifs is 3. The first kappa shape index (κ1) is 23.8. The molecule has 4 rings (SSSR count). The van der Waals surface area contributed by atoms with Crippen molar-refractivity contribution in [2.75, 3.05) is 6.61 Å². The minimum absolute atomic E-state index is 0.0155. The van der Waals surface area contributed by atoms with Crippen LogP contribution in [0.1, 0.15) is 40.2 Å². The Hall–Kier alpha value is -4.31. The number of aliphatic carboxylic acids is 1. The third kappa shape index (κ3) is 5.28. The minimum atomic E-state index is -1.46. The zero-order valence-electron chi connectivity index (χ0n) is 18.8. The first-order valence-electron chi connectivity index (χ1n) is 11.0. The van der Waals surface area contributed by atoms with E-state index in [0.29, 0.717) is 0 Å². The molecular formula is C25H24N4O6. The van der Waals surface area contributed by atoms with E-state index in [1.54, 1.807) is 0 Å². The molecule has 2 atom stereocenters. The molecule has 10 heteroatoms. The van der Waals surface area contributed by atoms with Crippen LogP contribution in [0.2, 0.25) is 0 Å². The van der Waals surface area contributed by atoms with E-state index in [4.69, 9.17) is 9.84 Å². The molecule has 1 aromatic heterocycles. The van der Waals surface area contributed by atoms with Gasteiger partial charge in [-0.1, -0.05) is 48.5 Å². The van der Waals surface area contributed by atoms with E-state index in [-0.39, 0.29) is 30.5 Å². The van der Waals surface area contributed by atoms with Crippen LogP contribution in [0.25, 0.3) is 11.1 Å². The summed E-state index contributed by atoms with van der Waals surface area (Å²) < 4.78 is 5.46. The predicted molar refractivity (Wildman–Crippen MR) is 125 cm³/mol. The molecule has 1 aliphatic rings. The van der Waals surface area contributed by atoms with Crippen LogP contribution in [0.3, 0.4) is 0 Å². The molecule has 0 saturated carbocycles. The third-order valence-corrected chi connectivity index (χ3v) is 5.74. The van der Waals surface area contributed by atoms with Gasteiger partial charge in [0.25, 0.3) is 5.91 Å². The molecule has 1 aliphatic carbocycles. The number of aliphatic hydroxyl groups is 1. The Morgan fingerprint density at radius 1 is 1.00 bits per heavy atom. The van der Waals surface area contributed by atoms with E-state index < -0.39 is 30.1 Å². The lowest BCUT2D eigenvalue weighted by molar-refractivity contribution is -0.141. The number of ether oxygens (including phenoxy) is 1. The molecule has 0 saturated heterocycles. The van der Waals surface area contributed by atoms with Gasteiger partial charge in [0.05, 0.1) is 18.2 Å². The zero-order chi connectivity index (χ0) is 24.9. The maximum Gasteiger partial charge on any atom is 0.407 e. The van der Waals surface area contributed by atoms with Crippen LogP contribution in [-0.4, -0.2) is 56.9 Å². The molecule has 2 amide bonds. The van der Waals surface area contributed by atoms with E-state index in [0.717, 1.165) is 22.3 Å². The highest BCUT2D eigenvalue weighted by molar-refractivity contribution is 5.96. The molecule has 0 radical (unpaired) electrons. The molecule has 4 N–H and O–H groups in total. The average molecular weight is 476 g/mol. The van der Waals surface area contributed by atoms with Crippen molar-refractivity contribution in [2.24, 2.45) is 0 Å². The fourth-order valence-electron chi connectivity index (χ4n) is 3.98. The second-order valence-corrected chi connectivity index (χ2v) is 8.10. The number of nitrogens with zero attached hydrogens (tertiary/aromatic N) is 2. The van der Waals surface area contributed by atoms with E-state index in [1.807, 2.05) is 36.4 Å². The van der Waals surface area contributed by atoms with Crippen LogP contribution in [0.15, 0.2) is 60.9 Å². The van der Waals surface area contributed by atoms with Crippen molar-refractivity contribution in [3.05, 3.63) is 83.4 Å². The van der Waals surface area contributed by atoms with E-state index >= 15 is 0 Å². The fraction of sp³-hybridized carbons (Fsp3) is 0.240. The zero-order valence-corrected chi connectivity index (χ0v) is 18.8. The first-order valence-corrected chi connectivity index (χ1v) is 11.0. The van der Waals surface area contributed by atoms with Gasteiger partial charge in [-0.2, -0.15) is 0 Å². The number of carboxylic acids is 1. The molecule has 180 valence electrons. The van der Waals surface area contributed by atoms with Gasteiger partial charge in [-0.15, -0.1) is 0 Å². The lowest BCUT2D eigenvalue weighted by atomic mass is 9.98. The van der Waals surface area contributed by atoms with Crippen molar-refractivity contribution in [1.29, 1.82) is 0 Å². The highest BCUT2D eigenvalue weighted by Crippen LogP contribution is 2.44. The van der Waals surface area contributed by atoms with Crippen LogP contribution >= 0.6 is 0 Å². The largest absolute Gasteiger partial charge is 0.480 e. The Balaban J connectivity index is 1.30. The number of hydrogen-bond donors (Lipinski definition) is 4. The Morgan fingerprint density at radius 2 is 1.57 bits per heavy atom. The van der Waals surface area contributed by atoms with E-state index in [9.17, 15) is 19.5 Å². The molecule has 2 aromatic carbocycles. The molecule has 3 aromatic rings. The van der Waals surface area contributed by atoms with Gasteiger partial charge in [0.1, 0.15) is 12.4 Å². The van der Waals surface area contributed by atoms with Gasteiger partial charge in [-0.3, -0.25) is 4.79 Å². The van der Waals surface area contributed by atoms with Crippen molar-refractivity contribution >= 4 is 18.0 Å². The molecule has 35 heavy (non-hydrogen) atoms. The van der Waals surface area contributed by atoms with E-state index in [1.165, 1.54) is 19.3 Å². The van der Waals surface area contributed by atoms with Gasteiger partial charge < -0.3 is 25.6 Å². The molecule has 0 bridgehead atoms.